The van der Waals surface area contributed by atoms with E-state index < -0.39 is 0 Å². The molecule has 0 saturated carbocycles. The molecule has 1 fully saturated rings. The van der Waals surface area contributed by atoms with E-state index in [0.717, 1.165) is 49.1 Å². The Hall–Kier alpha value is -2.08. The number of urea groups is 1. The lowest BCUT2D eigenvalue weighted by Gasteiger charge is -2.24. The molecule has 0 bridgehead atoms. The highest BCUT2D eigenvalue weighted by molar-refractivity contribution is 5.75. The van der Waals surface area contributed by atoms with Crippen molar-refractivity contribution in [1.29, 1.82) is 0 Å². The number of amides is 2. The van der Waals surface area contributed by atoms with Gasteiger partial charge in [-0.05, 0) is 44.7 Å². The van der Waals surface area contributed by atoms with E-state index in [1.54, 1.807) is 0 Å². The number of rotatable bonds is 7. The molecular formula is C19H28N4O2. The standard InChI is InChI=1S/C19H28N4O2/c1-2-23(19(24)20-12-10-15-7-5-6-14-25-15)13-11-18-21-16-8-3-4-9-17(16)22-18/h3-4,8-9,15H,2,5-7,10-14H2,1H3,(H,20,24)(H,21,22)/t15-/m1/s1. The number of para-hydroxylation sites is 2. The summed E-state index contributed by atoms with van der Waals surface area (Å²) in [6.07, 6.45) is 5.43. The van der Waals surface area contributed by atoms with Gasteiger partial charge < -0.3 is 19.9 Å². The van der Waals surface area contributed by atoms with Crippen LogP contribution >= 0.6 is 0 Å². The van der Waals surface area contributed by atoms with E-state index in [4.69, 9.17) is 4.74 Å². The van der Waals surface area contributed by atoms with Gasteiger partial charge in [0.15, 0.2) is 0 Å². The number of fused-ring (bicyclic) bond motifs is 1. The second-order valence-electron chi connectivity index (χ2n) is 6.54. The molecular weight excluding hydrogens is 316 g/mol. The van der Waals surface area contributed by atoms with E-state index in [9.17, 15) is 4.79 Å². The first-order valence-electron chi connectivity index (χ1n) is 9.34. The van der Waals surface area contributed by atoms with Crippen LogP contribution < -0.4 is 5.32 Å². The summed E-state index contributed by atoms with van der Waals surface area (Å²) in [7, 11) is 0. The molecule has 0 radical (unpaired) electrons. The van der Waals surface area contributed by atoms with Crippen LogP contribution in [0, 0.1) is 0 Å². The average Bonchev–Trinajstić information content (AvgIpc) is 3.06. The molecule has 1 aromatic carbocycles. The van der Waals surface area contributed by atoms with Crippen molar-refractivity contribution >= 4 is 17.1 Å². The molecule has 3 rings (SSSR count). The fourth-order valence-electron chi connectivity index (χ4n) is 3.26. The molecule has 2 aromatic rings. The molecule has 1 aromatic heterocycles. The first kappa shape index (κ1) is 17.7. The Bertz CT molecular complexity index is 646. The topological polar surface area (TPSA) is 70.2 Å². The number of ether oxygens (including phenoxy) is 1. The summed E-state index contributed by atoms with van der Waals surface area (Å²) in [5.74, 6) is 0.919. The number of nitrogens with one attached hydrogen (secondary N) is 2. The Morgan fingerprint density at radius 2 is 2.28 bits per heavy atom. The fourth-order valence-corrected chi connectivity index (χ4v) is 3.26. The first-order chi connectivity index (χ1) is 12.3. The molecule has 1 aliphatic rings. The maximum absolute atomic E-state index is 12.4. The number of aromatic nitrogens is 2. The minimum absolute atomic E-state index is 0.00517. The number of hydrogen-bond donors (Lipinski definition) is 2. The molecule has 136 valence electrons. The van der Waals surface area contributed by atoms with Crippen molar-refractivity contribution in [2.75, 3.05) is 26.2 Å². The van der Waals surface area contributed by atoms with Crippen LogP contribution in [-0.4, -0.2) is 53.2 Å². The monoisotopic (exact) mass is 344 g/mol. The predicted molar refractivity (Wildman–Crippen MR) is 98.7 cm³/mol. The zero-order chi connectivity index (χ0) is 17.5. The summed E-state index contributed by atoms with van der Waals surface area (Å²) in [6.45, 7) is 4.87. The second-order valence-corrected chi connectivity index (χ2v) is 6.54. The molecule has 2 heterocycles. The zero-order valence-corrected chi connectivity index (χ0v) is 15.0. The van der Waals surface area contributed by atoms with E-state index in [1.807, 2.05) is 36.1 Å². The lowest BCUT2D eigenvalue weighted by Crippen LogP contribution is -2.42. The molecule has 6 nitrogen and oxygen atoms in total. The van der Waals surface area contributed by atoms with Crippen molar-refractivity contribution in [3.8, 4) is 0 Å². The molecule has 1 saturated heterocycles. The van der Waals surface area contributed by atoms with E-state index in [1.165, 1.54) is 6.42 Å². The van der Waals surface area contributed by atoms with Crippen molar-refractivity contribution < 1.29 is 9.53 Å². The van der Waals surface area contributed by atoms with Gasteiger partial charge in [0, 0.05) is 32.7 Å². The lowest BCUT2D eigenvalue weighted by molar-refractivity contribution is 0.0118. The van der Waals surface area contributed by atoms with Gasteiger partial charge in [0.2, 0.25) is 0 Å². The number of likely N-dealkylation sites (N-methyl/N-ethyl adjacent to an activating group) is 1. The van der Waals surface area contributed by atoms with Gasteiger partial charge in [-0.1, -0.05) is 12.1 Å². The van der Waals surface area contributed by atoms with Gasteiger partial charge in [-0.3, -0.25) is 0 Å². The molecule has 0 spiro atoms. The minimum atomic E-state index is -0.00517. The molecule has 0 unspecified atom stereocenters. The molecule has 1 atom stereocenters. The summed E-state index contributed by atoms with van der Waals surface area (Å²) >= 11 is 0. The lowest BCUT2D eigenvalue weighted by atomic mass is 10.1. The van der Waals surface area contributed by atoms with Gasteiger partial charge in [0.05, 0.1) is 17.1 Å². The molecule has 0 aliphatic carbocycles. The highest BCUT2D eigenvalue weighted by Crippen LogP contribution is 2.15. The maximum atomic E-state index is 12.4. The number of carbonyl (C=O) groups is 1. The van der Waals surface area contributed by atoms with Crippen molar-refractivity contribution in [2.24, 2.45) is 0 Å². The van der Waals surface area contributed by atoms with Crippen LogP contribution in [0.25, 0.3) is 11.0 Å². The van der Waals surface area contributed by atoms with Crippen LogP contribution in [0.5, 0.6) is 0 Å². The molecule has 2 amide bonds. The van der Waals surface area contributed by atoms with Gasteiger partial charge in [-0.25, -0.2) is 9.78 Å². The van der Waals surface area contributed by atoms with E-state index >= 15 is 0 Å². The Labute approximate surface area is 149 Å². The van der Waals surface area contributed by atoms with Crippen LogP contribution in [-0.2, 0) is 11.2 Å². The summed E-state index contributed by atoms with van der Waals surface area (Å²) in [5.41, 5.74) is 2.01. The van der Waals surface area contributed by atoms with Crippen LogP contribution in [0.15, 0.2) is 24.3 Å². The first-order valence-corrected chi connectivity index (χ1v) is 9.34. The van der Waals surface area contributed by atoms with Crippen molar-refractivity contribution in [1.82, 2.24) is 20.2 Å². The Morgan fingerprint density at radius 3 is 3.04 bits per heavy atom. The number of aromatic amines is 1. The quantitative estimate of drug-likeness (QED) is 0.811. The summed E-state index contributed by atoms with van der Waals surface area (Å²) in [4.78, 5) is 22.1. The largest absolute Gasteiger partial charge is 0.378 e. The Balaban J connectivity index is 1.43. The maximum Gasteiger partial charge on any atom is 0.317 e. The Morgan fingerprint density at radius 1 is 1.40 bits per heavy atom. The highest BCUT2D eigenvalue weighted by Gasteiger charge is 2.16. The summed E-state index contributed by atoms with van der Waals surface area (Å²) < 4.78 is 5.70. The third-order valence-electron chi connectivity index (χ3n) is 4.74. The van der Waals surface area contributed by atoms with Crippen molar-refractivity contribution in [3.05, 3.63) is 30.1 Å². The normalized spacial score (nSPS) is 17.6. The van der Waals surface area contributed by atoms with E-state index in [0.29, 0.717) is 25.7 Å². The van der Waals surface area contributed by atoms with Crippen LogP contribution in [0.2, 0.25) is 0 Å². The molecule has 1 aliphatic heterocycles. The number of carbonyl (C=O) groups excluding carboxylic acids is 1. The number of benzene rings is 1. The smallest absolute Gasteiger partial charge is 0.317 e. The predicted octanol–water partition coefficient (Wildman–Crippen LogP) is 3.10. The second kappa shape index (κ2) is 8.85. The van der Waals surface area contributed by atoms with Crippen LogP contribution in [0.3, 0.4) is 0 Å². The minimum Gasteiger partial charge on any atom is -0.378 e. The van der Waals surface area contributed by atoms with Crippen LogP contribution in [0.1, 0.15) is 38.4 Å². The third kappa shape index (κ3) is 4.95. The van der Waals surface area contributed by atoms with E-state index in [2.05, 4.69) is 15.3 Å². The molecule has 2 N–H and O–H groups in total. The van der Waals surface area contributed by atoms with Gasteiger partial charge in [0.1, 0.15) is 5.82 Å². The van der Waals surface area contributed by atoms with Gasteiger partial charge in [-0.15, -0.1) is 0 Å². The highest BCUT2D eigenvalue weighted by atomic mass is 16.5. The van der Waals surface area contributed by atoms with Crippen molar-refractivity contribution in [2.45, 2.75) is 45.1 Å². The number of H-pyrrole nitrogens is 1. The summed E-state index contributed by atoms with van der Waals surface area (Å²) in [6, 6.07) is 7.98. The third-order valence-corrected chi connectivity index (χ3v) is 4.74. The number of nitrogens with zero attached hydrogens (tertiary/aromatic N) is 2. The number of imidazole rings is 1. The Kier molecular flexibility index (Phi) is 6.28. The molecule has 6 heteroatoms. The zero-order valence-electron chi connectivity index (χ0n) is 15.0. The van der Waals surface area contributed by atoms with Gasteiger partial charge in [0.25, 0.3) is 0 Å². The van der Waals surface area contributed by atoms with Crippen molar-refractivity contribution in [3.63, 3.8) is 0 Å². The summed E-state index contributed by atoms with van der Waals surface area (Å²) in [5, 5.41) is 3.02. The number of hydrogen-bond acceptors (Lipinski definition) is 3. The van der Waals surface area contributed by atoms with Gasteiger partial charge >= 0.3 is 6.03 Å². The van der Waals surface area contributed by atoms with Gasteiger partial charge in [-0.2, -0.15) is 0 Å². The molecule has 25 heavy (non-hydrogen) atoms. The van der Waals surface area contributed by atoms with E-state index in [-0.39, 0.29) is 6.03 Å². The average molecular weight is 344 g/mol. The fraction of sp³-hybridized carbons (Fsp3) is 0.579. The SMILES string of the molecule is CCN(CCc1nc2ccccc2[nH]1)C(=O)NCC[C@H]1CCCCO1. The van der Waals surface area contributed by atoms with Crippen LogP contribution in [0.4, 0.5) is 4.79 Å².